The minimum Gasteiger partial charge on any atom is -0.478 e. The van der Waals surface area contributed by atoms with Crippen LogP contribution in [0.1, 0.15) is 42.9 Å². The van der Waals surface area contributed by atoms with Crippen LogP contribution in [-0.2, 0) is 13.0 Å². The predicted octanol–water partition coefficient (Wildman–Crippen LogP) is 2.71. The molecule has 0 spiro atoms. The summed E-state index contributed by atoms with van der Waals surface area (Å²) < 4.78 is 2.10. The Morgan fingerprint density at radius 2 is 2.14 bits per heavy atom. The van der Waals surface area contributed by atoms with Gasteiger partial charge in [0.1, 0.15) is 11.3 Å². The molecule has 21 heavy (non-hydrogen) atoms. The Bertz CT molecular complexity index is 634. The average Bonchev–Trinajstić information content (AvgIpc) is 2.84. The largest absolute Gasteiger partial charge is 0.478 e. The number of rotatable bonds is 7. The van der Waals surface area contributed by atoms with Crippen LogP contribution in [0.3, 0.4) is 0 Å². The lowest BCUT2D eigenvalue weighted by molar-refractivity contribution is 0.0699. The summed E-state index contributed by atoms with van der Waals surface area (Å²) in [6.07, 6.45) is 2.48. The fraction of sp³-hybridized carbons (Fsp3) is 0.500. The molecular weight excluding hydrogens is 268 g/mol. The molecule has 1 heterocycles. The summed E-state index contributed by atoms with van der Waals surface area (Å²) in [7, 11) is 0. The van der Waals surface area contributed by atoms with E-state index in [4.69, 9.17) is 5.11 Å². The van der Waals surface area contributed by atoms with Crippen molar-refractivity contribution in [1.82, 2.24) is 9.55 Å². The Kier molecular flexibility index (Phi) is 4.96. The number of hydrogen-bond acceptors (Lipinski definition) is 3. The zero-order chi connectivity index (χ0) is 15.4. The summed E-state index contributed by atoms with van der Waals surface area (Å²) in [4.78, 5) is 15.8. The fourth-order valence-corrected chi connectivity index (χ4v) is 2.71. The Morgan fingerprint density at radius 3 is 2.71 bits per heavy atom. The van der Waals surface area contributed by atoms with Gasteiger partial charge >= 0.3 is 5.97 Å². The molecule has 0 amide bonds. The van der Waals surface area contributed by atoms with Crippen LogP contribution in [0.15, 0.2) is 18.2 Å². The smallest absolute Gasteiger partial charge is 0.337 e. The number of para-hydroxylation sites is 1. The number of aryl methyl sites for hydroxylation is 1. The number of aliphatic hydroxyl groups excluding tert-OH is 1. The van der Waals surface area contributed by atoms with E-state index >= 15 is 0 Å². The maximum Gasteiger partial charge on any atom is 0.337 e. The third-order valence-corrected chi connectivity index (χ3v) is 3.96. The molecule has 0 saturated heterocycles. The number of imidazole rings is 1. The van der Waals surface area contributed by atoms with Crippen molar-refractivity contribution in [3.8, 4) is 0 Å². The van der Waals surface area contributed by atoms with Crippen molar-refractivity contribution in [3.63, 3.8) is 0 Å². The van der Waals surface area contributed by atoms with Crippen molar-refractivity contribution in [2.45, 2.75) is 39.7 Å². The van der Waals surface area contributed by atoms with Crippen molar-refractivity contribution in [1.29, 1.82) is 0 Å². The summed E-state index contributed by atoms with van der Waals surface area (Å²) in [5.41, 5.74) is 1.67. The predicted molar refractivity (Wildman–Crippen MR) is 81.6 cm³/mol. The molecule has 1 aromatic carbocycles. The molecule has 1 unspecified atom stereocenters. The summed E-state index contributed by atoms with van der Waals surface area (Å²) in [6, 6.07) is 5.27. The molecule has 2 aromatic rings. The third-order valence-electron chi connectivity index (χ3n) is 3.96. The number of carbonyl (C=O) groups is 1. The van der Waals surface area contributed by atoms with Gasteiger partial charge in [0.25, 0.3) is 0 Å². The molecule has 1 atom stereocenters. The van der Waals surface area contributed by atoms with Gasteiger partial charge in [-0.15, -0.1) is 0 Å². The topological polar surface area (TPSA) is 75.3 Å². The molecule has 2 N–H and O–H groups in total. The maximum absolute atomic E-state index is 11.3. The summed E-state index contributed by atoms with van der Waals surface area (Å²) in [5.74, 6) is 0.316. The van der Waals surface area contributed by atoms with Gasteiger partial charge in [0.2, 0.25) is 0 Å². The van der Waals surface area contributed by atoms with Crippen LogP contribution in [-0.4, -0.2) is 32.3 Å². The van der Waals surface area contributed by atoms with E-state index in [-0.39, 0.29) is 12.2 Å². The van der Waals surface area contributed by atoms with Crippen LogP contribution in [0.2, 0.25) is 0 Å². The van der Waals surface area contributed by atoms with Crippen LogP contribution < -0.4 is 0 Å². The lowest BCUT2D eigenvalue weighted by Gasteiger charge is -2.16. The van der Waals surface area contributed by atoms with E-state index in [9.17, 15) is 9.90 Å². The molecule has 0 aliphatic heterocycles. The highest BCUT2D eigenvalue weighted by Crippen LogP contribution is 2.23. The number of carboxylic acid groups (broad SMARTS) is 1. The second-order valence-electron chi connectivity index (χ2n) is 5.26. The first-order valence-corrected chi connectivity index (χ1v) is 7.44. The molecule has 0 aliphatic rings. The first-order valence-electron chi connectivity index (χ1n) is 7.44. The normalized spacial score (nSPS) is 12.7. The van der Waals surface area contributed by atoms with E-state index in [1.807, 2.05) is 13.0 Å². The van der Waals surface area contributed by atoms with Crippen LogP contribution in [0.4, 0.5) is 0 Å². The van der Waals surface area contributed by atoms with Crippen LogP contribution in [0.5, 0.6) is 0 Å². The molecule has 5 heteroatoms. The Morgan fingerprint density at radius 1 is 1.38 bits per heavy atom. The number of aromatic carboxylic acids is 1. The second kappa shape index (κ2) is 6.72. The number of hydrogen-bond donors (Lipinski definition) is 2. The highest BCUT2D eigenvalue weighted by molar-refractivity contribution is 6.01. The van der Waals surface area contributed by atoms with Gasteiger partial charge in [0.15, 0.2) is 0 Å². The molecule has 0 fully saturated rings. The quantitative estimate of drug-likeness (QED) is 0.822. The number of aromatic nitrogens is 2. The molecule has 0 radical (unpaired) electrons. The van der Waals surface area contributed by atoms with Gasteiger partial charge < -0.3 is 14.8 Å². The highest BCUT2D eigenvalue weighted by Gasteiger charge is 2.18. The molecule has 1 aromatic heterocycles. The first-order chi connectivity index (χ1) is 10.1. The monoisotopic (exact) mass is 290 g/mol. The van der Waals surface area contributed by atoms with E-state index in [1.165, 1.54) is 0 Å². The van der Waals surface area contributed by atoms with E-state index in [0.29, 0.717) is 11.4 Å². The molecule has 5 nitrogen and oxygen atoms in total. The SMILES string of the molecule is CCc1nc2c(C(=O)O)cccc2n1CC(CC)CCO. The Labute approximate surface area is 124 Å². The van der Waals surface area contributed by atoms with Crippen molar-refractivity contribution in [2.75, 3.05) is 6.61 Å². The number of benzene rings is 1. The zero-order valence-electron chi connectivity index (χ0n) is 12.5. The lowest BCUT2D eigenvalue weighted by atomic mass is 10.0. The van der Waals surface area contributed by atoms with Gasteiger partial charge in [0.05, 0.1) is 11.1 Å². The summed E-state index contributed by atoms with van der Waals surface area (Å²) >= 11 is 0. The molecule has 0 aliphatic carbocycles. The molecule has 2 rings (SSSR count). The Hall–Kier alpha value is -1.88. The van der Waals surface area contributed by atoms with Gasteiger partial charge in [0, 0.05) is 19.6 Å². The average molecular weight is 290 g/mol. The van der Waals surface area contributed by atoms with Gasteiger partial charge in [-0.1, -0.05) is 26.3 Å². The third kappa shape index (κ3) is 3.08. The van der Waals surface area contributed by atoms with Gasteiger partial charge in [-0.25, -0.2) is 9.78 Å². The van der Waals surface area contributed by atoms with Crippen molar-refractivity contribution >= 4 is 17.0 Å². The molecule has 0 bridgehead atoms. The van der Waals surface area contributed by atoms with Gasteiger partial charge in [-0.3, -0.25) is 0 Å². The number of fused-ring (bicyclic) bond motifs is 1. The minimum atomic E-state index is -0.949. The van der Waals surface area contributed by atoms with Crippen LogP contribution in [0, 0.1) is 5.92 Å². The van der Waals surface area contributed by atoms with Crippen LogP contribution >= 0.6 is 0 Å². The minimum absolute atomic E-state index is 0.174. The standard InChI is InChI=1S/C16H22N2O3/c1-3-11(8-9-19)10-18-13-7-5-6-12(16(20)21)15(13)17-14(18)4-2/h5-7,11,19H,3-4,8-10H2,1-2H3,(H,20,21). The van der Waals surface area contributed by atoms with Gasteiger partial charge in [-0.2, -0.15) is 0 Å². The number of nitrogens with zero attached hydrogens (tertiary/aromatic N) is 2. The zero-order valence-corrected chi connectivity index (χ0v) is 12.5. The van der Waals surface area contributed by atoms with E-state index in [1.54, 1.807) is 12.1 Å². The number of aliphatic hydroxyl groups is 1. The highest BCUT2D eigenvalue weighted by atomic mass is 16.4. The van der Waals surface area contributed by atoms with E-state index in [2.05, 4.69) is 16.5 Å². The van der Waals surface area contributed by atoms with Crippen molar-refractivity contribution in [2.24, 2.45) is 5.92 Å². The molecule has 114 valence electrons. The first kappa shape index (κ1) is 15.5. The molecular formula is C16H22N2O3. The maximum atomic E-state index is 11.3. The van der Waals surface area contributed by atoms with Gasteiger partial charge in [-0.05, 0) is 24.5 Å². The molecule has 0 saturated carbocycles. The Balaban J connectivity index is 2.51. The summed E-state index contributed by atoms with van der Waals surface area (Å²) in [6.45, 7) is 5.06. The van der Waals surface area contributed by atoms with E-state index in [0.717, 1.165) is 37.1 Å². The van der Waals surface area contributed by atoms with Crippen molar-refractivity contribution < 1.29 is 15.0 Å². The second-order valence-corrected chi connectivity index (χ2v) is 5.26. The van der Waals surface area contributed by atoms with E-state index < -0.39 is 5.97 Å². The number of carboxylic acids is 1. The fourth-order valence-electron chi connectivity index (χ4n) is 2.71. The summed E-state index contributed by atoms with van der Waals surface area (Å²) in [5, 5.41) is 18.4. The van der Waals surface area contributed by atoms with Crippen molar-refractivity contribution in [3.05, 3.63) is 29.6 Å². The lowest BCUT2D eigenvalue weighted by Crippen LogP contribution is -2.13. The van der Waals surface area contributed by atoms with Crippen LogP contribution in [0.25, 0.3) is 11.0 Å².